The van der Waals surface area contributed by atoms with Gasteiger partial charge in [0.15, 0.2) is 0 Å². The normalized spacial score (nSPS) is 13.1. The van der Waals surface area contributed by atoms with Crippen LogP contribution in [-0.2, 0) is 9.84 Å². The van der Waals surface area contributed by atoms with Crippen LogP contribution in [0.2, 0.25) is 10.0 Å². The van der Waals surface area contributed by atoms with Gasteiger partial charge in [0.25, 0.3) is 5.91 Å². The van der Waals surface area contributed by atoms with Gasteiger partial charge in [-0.2, -0.15) is 0 Å². The fourth-order valence-corrected chi connectivity index (χ4v) is 2.71. The zero-order valence-electron chi connectivity index (χ0n) is 10.6. The first-order chi connectivity index (χ1) is 8.69. The SMILES string of the molecule is C[C@@H](CCS(C)(=O)=O)NC(=O)c1ccc(Cl)cc1Cl. The van der Waals surface area contributed by atoms with Gasteiger partial charge in [-0.3, -0.25) is 4.79 Å². The lowest BCUT2D eigenvalue weighted by Gasteiger charge is -2.14. The first-order valence-electron chi connectivity index (χ1n) is 5.62. The first-order valence-corrected chi connectivity index (χ1v) is 8.44. The summed E-state index contributed by atoms with van der Waals surface area (Å²) in [5.74, 6) is -0.314. The summed E-state index contributed by atoms with van der Waals surface area (Å²) in [4.78, 5) is 11.9. The number of rotatable bonds is 5. The maximum Gasteiger partial charge on any atom is 0.253 e. The molecular formula is C12H15Cl2NO3S. The van der Waals surface area contributed by atoms with E-state index in [0.717, 1.165) is 6.26 Å². The summed E-state index contributed by atoms with van der Waals surface area (Å²) in [6.07, 6.45) is 1.52. The van der Waals surface area contributed by atoms with Crippen molar-refractivity contribution >= 4 is 38.9 Å². The van der Waals surface area contributed by atoms with Gasteiger partial charge in [-0.25, -0.2) is 8.42 Å². The maximum atomic E-state index is 11.9. The molecule has 0 aliphatic heterocycles. The second-order valence-corrected chi connectivity index (χ2v) is 7.52. The second-order valence-electron chi connectivity index (χ2n) is 4.42. The van der Waals surface area contributed by atoms with Crippen LogP contribution in [0.1, 0.15) is 23.7 Å². The van der Waals surface area contributed by atoms with E-state index in [9.17, 15) is 13.2 Å². The van der Waals surface area contributed by atoms with E-state index >= 15 is 0 Å². The molecule has 7 heteroatoms. The Morgan fingerprint density at radius 3 is 2.53 bits per heavy atom. The number of hydrogen-bond donors (Lipinski definition) is 1. The smallest absolute Gasteiger partial charge is 0.253 e. The minimum absolute atomic E-state index is 0.0306. The minimum atomic E-state index is -3.03. The Morgan fingerprint density at radius 2 is 2.00 bits per heavy atom. The number of sulfone groups is 1. The number of nitrogens with one attached hydrogen (secondary N) is 1. The number of carbonyl (C=O) groups is 1. The lowest BCUT2D eigenvalue weighted by atomic mass is 10.2. The van der Waals surface area contributed by atoms with Crippen LogP contribution in [0.4, 0.5) is 0 Å². The standard InChI is InChI=1S/C12H15Cl2NO3S/c1-8(5-6-19(2,17)18)15-12(16)10-4-3-9(13)7-11(10)14/h3-4,7-8H,5-6H2,1-2H3,(H,15,16)/t8-/m0/s1. The average Bonchev–Trinajstić information content (AvgIpc) is 2.25. The van der Waals surface area contributed by atoms with Crippen LogP contribution in [0.15, 0.2) is 18.2 Å². The van der Waals surface area contributed by atoms with Gasteiger partial charge < -0.3 is 5.32 Å². The van der Waals surface area contributed by atoms with E-state index in [1.165, 1.54) is 12.1 Å². The summed E-state index contributed by atoms with van der Waals surface area (Å²) >= 11 is 11.7. The molecule has 0 unspecified atom stereocenters. The third-order valence-electron chi connectivity index (χ3n) is 2.47. The molecule has 0 radical (unpaired) electrons. The Labute approximate surface area is 123 Å². The van der Waals surface area contributed by atoms with Crippen molar-refractivity contribution in [1.82, 2.24) is 5.32 Å². The molecule has 1 N–H and O–H groups in total. The molecule has 106 valence electrons. The van der Waals surface area contributed by atoms with E-state index in [4.69, 9.17) is 23.2 Å². The third-order valence-corrected chi connectivity index (χ3v) is 4.00. The molecule has 0 fully saturated rings. The van der Waals surface area contributed by atoms with Crippen LogP contribution in [-0.4, -0.2) is 32.4 Å². The van der Waals surface area contributed by atoms with Crippen molar-refractivity contribution < 1.29 is 13.2 Å². The Hall–Kier alpha value is -0.780. The summed E-state index contributed by atoms with van der Waals surface area (Å²) in [6, 6.07) is 4.33. The highest BCUT2D eigenvalue weighted by molar-refractivity contribution is 7.90. The third kappa shape index (κ3) is 5.80. The summed E-state index contributed by atoms with van der Waals surface area (Å²) < 4.78 is 22.1. The highest BCUT2D eigenvalue weighted by atomic mass is 35.5. The lowest BCUT2D eigenvalue weighted by molar-refractivity contribution is 0.0939. The van der Waals surface area contributed by atoms with Crippen LogP contribution in [0.25, 0.3) is 0 Å². The molecule has 1 aromatic rings. The van der Waals surface area contributed by atoms with Gasteiger partial charge in [0.1, 0.15) is 9.84 Å². The van der Waals surface area contributed by atoms with Crippen LogP contribution >= 0.6 is 23.2 Å². The zero-order valence-corrected chi connectivity index (χ0v) is 12.9. The summed E-state index contributed by atoms with van der Waals surface area (Å²) in [5.41, 5.74) is 0.317. The van der Waals surface area contributed by atoms with E-state index in [2.05, 4.69) is 5.32 Å². The van der Waals surface area contributed by atoms with Gasteiger partial charge in [-0.1, -0.05) is 23.2 Å². The van der Waals surface area contributed by atoms with Crippen molar-refractivity contribution in [3.05, 3.63) is 33.8 Å². The molecule has 1 atom stereocenters. The first kappa shape index (κ1) is 16.3. The van der Waals surface area contributed by atoms with Gasteiger partial charge in [-0.05, 0) is 31.5 Å². The van der Waals surface area contributed by atoms with Crippen molar-refractivity contribution in [2.24, 2.45) is 0 Å². The van der Waals surface area contributed by atoms with Crippen molar-refractivity contribution in [2.45, 2.75) is 19.4 Å². The Bertz CT molecular complexity index is 572. The minimum Gasteiger partial charge on any atom is -0.350 e. The molecule has 0 aromatic heterocycles. The van der Waals surface area contributed by atoms with Gasteiger partial charge in [0.2, 0.25) is 0 Å². The largest absolute Gasteiger partial charge is 0.350 e. The highest BCUT2D eigenvalue weighted by Crippen LogP contribution is 2.20. The lowest BCUT2D eigenvalue weighted by Crippen LogP contribution is -2.34. The summed E-state index contributed by atoms with van der Waals surface area (Å²) in [5, 5.41) is 3.41. The second kappa shape index (κ2) is 6.59. The van der Waals surface area contributed by atoms with E-state index in [1.54, 1.807) is 13.0 Å². The van der Waals surface area contributed by atoms with Crippen LogP contribution < -0.4 is 5.32 Å². The Balaban J connectivity index is 2.64. The van der Waals surface area contributed by atoms with Crippen molar-refractivity contribution in [1.29, 1.82) is 0 Å². The predicted octanol–water partition coefficient (Wildman–Crippen LogP) is 2.55. The number of amides is 1. The molecule has 1 aromatic carbocycles. The zero-order chi connectivity index (χ0) is 14.6. The van der Waals surface area contributed by atoms with Gasteiger partial charge >= 0.3 is 0 Å². The Kier molecular flexibility index (Phi) is 5.64. The predicted molar refractivity (Wildman–Crippen MR) is 77.7 cm³/mol. The molecule has 1 rings (SSSR count). The molecule has 0 spiro atoms. The summed E-state index contributed by atoms with van der Waals surface area (Å²) in [6.45, 7) is 1.74. The quantitative estimate of drug-likeness (QED) is 0.905. The molecule has 4 nitrogen and oxygen atoms in total. The number of halogens is 2. The van der Waals surface area contributed by atoms with Gasteiger partial charge in [0, 0.05) is 17.3 Å². The number of hydrogen-bond acceptors (Lipinski definition) is 3. The molecule has 0 aliphatic carbocycles. The number of benzene rings is 1. The molecular weight excluding hydrogens is 309 g/mol. The van der Waals surface area contributed by atoms with Gasteiger partial charge in [0.05, 0.1) is 16.3 Å². The van der Waals surface area contributed by atoms with E-state index in [1.807, 2.05) is 0 Å². The van der Waals surface area contributed by atoms with Gasteiger partial charge in [-0.15, -0.1) is 0 Å². The van der Waals surface area contributed by atoms with Crippen molar-refractivity contribution in [2.75, 3.05) is 12.0 Å². The van der Waals surface area contributed by atoms with Crippen LogP contribution in [0.3, 0.4) is 0 Å². The molecule has 0 saturated carbocycles. The molecule has 0 aliphatic rings. The molecule has 0 bridgehead atoms. The van der Waals surface area contributed by atoms with Crippen molar-refractivity contribution in [3.8, 4) is 0 Å². The van der Waals surface area contributed by atoms with E-state index in [-0.39, 0.29) is 22.7 Å². The monoisotopic (exact) mass is 323 g/mol. The average molecular weight is 324 g/mol. The summed E-state index contributed by atoms with van der Waals surface area (Å²) in [7, 11) is -3.03. The molecule has 0 saturated heterocycles. The molecule has 1 amide bonds. The van der Waals surface area contributed by atoms with Crippen molar-refractivity contribution in [3.63, 3.8) is 0 Å². The molecule has 0 heterocycles. The highest BCUT2D eigenvalue weighted by Gasteiger charge is 2.14. The maximum absolute atomic E-state index is 11.9. The fourth-order valence-electron chi connectivity index (χ4n) is 1.44. The number of carbonyl (C=O) groups excluding carboxylic acids is 1. The Morgan fingerprint density at radius 1 is 1.37 bits per heavy atom. The van der Waals surface area contributed by atoms with E-state index in [0.29, 0.717) is 17.0 Å². The van der Waals surface area contributed by atoms with E-state index < -0.39 is 9.84 Å². The van der Waals surface area contributed by atoms with Crippen LogP contribution in [0, 0.1) is 0 Å². The topological polar surface area (TPSA) is 63.2 Å². The fraction of sp³-hybridized carbons (Fsp3) is 0.417. The molecule has 19 heavy (non-hydrogen) atoms. The van der Waals surface area contributed by atoms with Crippen LogP contribution in [0.5, 0.6) is 0 Å².